The van der Waals surface area contributed by atoms with Crippen LogP contribution in [0.25, 0.3) is 11.1 Å². The highest BCUT2D eigenvalue weighted by atomic mass is 16.5. The second kappa shape index (κ2) is 4.61. The molecule has 0 saturated heterocycles. The Hall–Kier alpha value is -2.43. The summed E-state index contributed by atoms with van der Waals surface area (Å²) < 4.78 is 4.52. The Balaban J connectivity index is 2.46. The summed E-state index contributed by atoms with van der Waals surface area (Å²) in [5.41, 5.74) is 0.946. The predicted molar refractivity (Wildman–Crippen MR) is 61.6 cm³/mol. The fraction of sp³-hybridized carbons (Fsp3) is 0.0833. The predicted octanol–water partition coefficient (Wildman–Crippen LogP) is 1.22. The van der Waals surface area contributed by atoms with Crippen molar-refractivity contribution in [1.29, 1.82) is 0 Å². The standard InChI is InChI=1S/C12H10N2O3/c1-17-12(16)10-5-4-9(11(15)14-10)8-3-2-6-13-7-8/h2-7H,1H3,(H,14,15). The van der Waals surface area contributed by atoms with Crippen LogP contribution < -0.4 is 5.56 Å². The third kappa shape index (κ3) is 2.23. The average molecular weight is 230 g/mol. The molecule has 2 aromatic heterocycles. The van der Waals surface area contributed by atoms with Crippen LogP contribution in [-0.4, -0.2) is 23.0 Å². The summed E-state index contributed by atoms with van der Waals surface area (Å²) in [5, 5.41) is 0. The van der Waals surface area contributed by atoms with Crippen molar-refractivity contribution < 1.29 is 9.53 Å². The van der Waals surface area contributed by atoms with Crippen LogP contribution in [0.3, 0.4) is 0 Å². The molecule has 0 atom stereocenters. The molecule has 0 spiro atoms. The molecule has 2 heterocycles. The second-order valence-electron chi connectivity index (χ2n) is 3.35. The van der Waals surface area contributed by atoms with E-state index in [4.69, 9.17) is 0 Å². The minimum Gasteiger partial charge on any atom is -0.464 e. The number of aromatic amines is 1. The van der Waals surface area contributed by atoms with E-state index in [1.54, 1.807) is 30.6 Å². The molecule has 17 heavy (non-hydrogen) atoms. The van der Waals surface area contributed by atoms with Crippen LogP contribution in [0, 0.1) is 0 Å². The molecule has 0 radical (unpaired) electrons. The summed E-state index contributed by atoms with van der Waals surface area (Å²) in [4.78, 5) is 29.4. The van der Waals surface area contributed by atoms with Crippen LogP contribution in [0.15, 0.2) is 41.5 Å². The molecule has 0 aliphatic carbocycles. The van der Waals surface area contributed by atoms with E-state index in [-0.39, 0.29) is 11.3 Å². The first-order valence-corrected chi connectivity index (χ1v) is 4.94. The highest BCUT2D eigenvalue weighted by molar-refractivity contribution is 5.87. The molecular weight excluding hydrogens is 220 g/mol. The van der Waals surface area contributed by atoms with Gasteiger partial charge in [-0.3, -0.25) is 9.78 Å². The molecule has 0 unspecified atom stereocenters. The van der Waals surface area contributed by atoms with Gasteiger partial charge in [0, 0.05) is 23.5 Å². The number of H-pyrrole nitrogens is 1. The van der Waals surface area contributed by atoms with Crippen molar-refractivity contribution in [2.75, 3.05) is 7.11 Å². The molecular formula is C12H10N2O3. The maximum atomic E-state index is 11.8. The lowest BCUT2D eigenvalue weighted by Gasteiger charge is -2.02. The van der Waals surface area contributed by atoms with Gasteiger partial charge in [0.05, 0.1) is 7.11 Å². The Bertz CT molecular complexity index is 590. The Morgan fingerprint density at radius 2 is 2.18 bits per heavy atom. The molecule has 1 N–H and O–H groups in total. The normalized spacial score (nSPS) is 9.94. The topological polar surface area (TPSA) is 72.0 Å². The van der Waals surface area contributed by atoms with Crippen LogP contribution in [0.1, 0.15) is 10.5 Å². The SMILES string of the molecule is COC(=O)c1ccc(-c2cccnc2)c(=O)[nH]1. The zero-order chi connectivity index (χ0) is 12.3. The van der Waals surface area contributed by atoms with Gasteiger partial charge in [-0.2, -0.15) is 0 Å². The number of nitrogens with zero attached hydrogens (tertiary/aromatic N) is 1. The van der Waals surface area contributed by atoms with Crippen molar-refractivity contribution in [2.24, 2.45) is 0 Å². The molecule has 0 saturated carbocycles. The van der Waals surface area contributed by atoms with Crippen molar-refractivity contribution in [3.63, 3.8) is 0 Å². The highest BCUT2D eigenvalue weighted by Gasteiger charge is 2.09. The summed E-state index contributed by atoms with van der Waals surface area (Å²) in [6.45, 7) is 0. The van der Waals surface area contributed by atoms with Crippen molar-refractivity contribution in [3.05, 3.63) is 52.7 Å². The maximum absolute atomic E-state index is 11.8. The van der Waals surface area contributed by atoms with E-state index in [9.17, 15) is 9.59 Å². The third-order valence-corrected chi connectivity index (χ3v) is 2.29. The van der Waals surface area contributed by atoms with Gasteiger partial charge in [-0.1, -0.05) is 6.07 Å². The number of ether oxygens (including phenoxy) is 1. The number of methoxy groups -OCH3 is 1. The van der Waals surface area contributed by atoms with Crippen molar-refractivity contribution >= 4 is 5.97 Å². The van der Waals surface area contributed by atoms with Gasteiger partial charge in [0.2, 0.25) is 0 Å². The van der Waals surface area contributed by atoms with Crippen molar-refractivity contribution in [1.82, 2.24) is 9.97 Å². The monoisotopic (exact) mass is 230 g/mol. The number of aromatic nitrogens is 2. The van der Waals surface area contributed by atoms with Gasteiger partial charge < -0.3 is 9.72 Å². The lowest BCUT2D eigenvalue weighted by atomic mass is 10.1. The van der Waals surface area contributed by atoms with Crippen molar-refractivity contribution in [3.8, 4) is 11.1 Å². The van der Waals surface area contributed by atoms with Gasteiger partial charge in [-0.25, -0.2) is 4.79 Å². The number of rotatable bonds is 2. The van der Waals surface area contributed by atoms with Crippen molar-refractivity contribution in [2.45, 2.75) is 0 Å². The van der Waals surface area contributed by atoms with Crippen LogP contribution in [-0.2, 0) is 4.74 Å². The average Bonchev–Trinajstić information content (AvgIpc) is 2.38. The van der Waals surface area contributed by atoms with E-state index >= 15 is 0 Å². The van der Waals surface area contributed by atoms with Crippen LogP contribution in [0.5, 0.6) is 0 Å². The Kier molecular flexibility index (Phi) is 3.00. The van der Waals surface area contributed by atoms with Gasteiger partial charge in [0.15, 0.2) is 0 Å². The maximum Gasteiger partial charge on any atom is 0.354 e. The van der Waals surface area contributed by atoms with Gasteiger partial charge >= 0.3 is 5.97 Å². The molecule has 0 fully saturated rings. The zero-order valence-corrected chi connectivity index (χ0v) is 9.14. The summed E-state index contributed by atoms with van der Waals surface area (Å²) in [7, 11) is 1.26. The largest absolute Gasteiger partial charge is 0.464 e. The lowest BCUT2D eigenvalue weighted by molar-refractivity contribution is 0.0594. The molecule has 5 nitrogen and oxygen atoms in total. The van der Waals surface area contributed by atoms with Gasteiger partial charge in [0.25, 0.3) is 5.56 Å². The second-order valence-corrected chi connectivity index (χ2v) is 3.35. The number of carbonyl (C=O) groups is 1. The number of esters is 1. The molecule has 2 rings (SSSR count). The summed E-state index contributed by atoms with van der Waals surface area (Å²) in [6, 6.07) is 6.59. The van der Waals surface area contributed by atoms with E-state index in [0.29, 0.717) is 11.1 Å². The number of hydrogen-bond donors (Lipinski definition) is 1. The minimum absolute atomic E-state index is 0.130. The molecule has 86 valence electrons. The smallest absolute Gasteiger partial charge is 0.354 e. The quantitative estimate of drug-likeness (QED) is 0.787. The summed E-state index contributed by atoms with van der Waals surface area (Å²) >= 11 is 0. The molecule has 0 aliphatic rings. The fourth-order valence-electron chi connectivity index (χ4n) is 1.45. The first-order chi connectivity index (χ1) is 8.22. The van der Waals surface area contributed by atoms with Crippen LogP contribution in [0.4, 0.5) is 0 Å². The van der Waals surface area contributed by atoms with E-state index in [2.05, 4.69) is 14.7 Å². The van der Waals surface area contributed by atoms with E-state index in [1.807, 2.05) is 0 Å². The van der Waals surface area contributed by atoms with Gasteiger partial charge in [-0.15, -0.1) is 0 Å². The van der Waals surface area contributed by atoms with Crippen LogP contribution >= 0.6 is 0 Å². The Labute approximate surface area is 97.1 Å². The first-order valence-electron chi connectivity index (χ1n) is 4.94. The number of pyridine rings is 2. The van der Waals surface area contributed by atoms with E-state index < -0.39 is 5.97 Å². The molecule has 0 aromatic carbocycles. The molecule has 5 heteroatoms. The highest BCUT2D eigenvalue weighted by Crippen LogP contribution is 2.12. The number of hydrogen-bond acceptors (Lipinski definition) is 4. The molecule has 0 amide bonds. The van der Waals surface area contributed by atoms with Crippen LogP contribution in [0.2, 0.25) is 0 Å². The van der Waals surface area contributed by atoms with Gasteiger partial charge in [0.1, 0.15) is 5.69 Å². The van der Waals surface area contributed by atoms with Gasteiger partial charge in [-0.05, 0) is 18.2 Å². The summed E-state index contributed by atoms with van der Waals surface area (Å²) in [5.74, 6) is -0.570. The zero-order valence-electron chi connectivity index (χ0n) is 9.14. The minimum atomic E-state index is -0.570. The summed E-state index contributed by atoms with van der Waals surface area (Å²) in [6.07, 6.45) is 3.21. The Morgan fingerprint density at radius 1 is 1.35 bits per heavy atom. The molecule has 2 aromatic rings. The van der Waals surface area contributed by atoms with E-state index in [1.165, 1.54) is 13.2 Å². The first kappa shape index (κ1) is 11.1. The fourth-order valence-corrected chi connectivity index (χ4v) is 1.45. The number of carbonyl (C=O) groups excluding carboxylic acids is 1. The lowest BCUT2D eigenvalue weighted by Crippen LogP contribution is -2.15. The third-order valence-electron chi connectivity index (χ3n) is 2.29. The molecule has 0 aliphatic heterocycles. The van der Waals surface area contributed by atoms with E-state index in [0.717, 1.165) is 0 Å². The molecule has 0 bridgehead atoms. The Morgan fingerprint density at radius 3 is 2.76 bits per heavy atom. The number of nitrogens with one attached hydrogen (secondary N) is 1.